The van der Waals surface area contributed by atoms with Crippen molar-refractivity contribution in [3.8, 4) is 0 Å². The van der Waals surface area contributed by atoms with Gasteiger partial charge in [-0.1, -0.05) is 6.07 Å². The van der Waals surface area contributed by atoms with Crippen LogP contribution in [0.2, 0.25) is 0 Å². The van der Waals surface area contributed by atoms with Gasteiger partial charge in [0.25, 0.3) is 0 Å². The summed E-state index contributed by atoms with van der Waals surface area (Å²) in [5, 5.41) is 2.79. The van der Waals surface area contributed by atoms with E-state index in [1.165, 1.54) is 12.1 Å². The third kappa shape index (κ3) is 3.51. The molecule has 2 aromatic rings. The molecule has 1 nitrogen and oxygen atoms in total. The minimum Gasteiger partial charge on any atom is -0.379 e. The molecule has 100 valence electrons. The topological polar surface area (TPSA) is 12.0 Å². The summed E-state index contributed by atoms with van der Waals surface area (Å²) < 4.78 is 40.4. The van der Waals surface area contributed by atoms with Crippen molar-refractivity contribution in [2.24, 2.45) is 0 Å². The first-order valence-electron chi connectivity index (χ1n) is 5.29. The number of halogens is 5. The summed E-state index contributed by atoms with van der Waals surface area (Å²) in [6.45, 7) is 0.235. The highest BCUT2D eigenvalue weighted by atomic mass is 79.9. The van der Waals surface area contributed by atoms with Crippen molar-refractivity contribution in [1.29, 1.82) is 0 Å². The van der Waals surface area contributed by atoms with Gasteiger partial charge >= 0.3 is 0 Å². The lowest BCUT2D eigenvalue weighted by Crippen LogP contribution is -2.02. The van der Waals surface area contributed by atoms with Gasteiger partial charge in [0.15, 0.2) is 0 Å². The van der Waals surface area contributed by atoms with Crippen LogP contribution in [-0.2, 0) is 6.54 Å². The second kappa shape index (κ2) is 5.96. The molecule has 2 rings (SSSR count). The quantitative estimate of drug-likeness (QED) is 0.702. The Kier molecular flexibility index (Phi) is 4.52. The summed E-state index contributed by atoms with van der Waals surface area (Å²) in [7, 11) is 0. The molecule has 0 amide bonds. The van der Waals surface area contributed by atoms with E-state index in [4.69, 9.17) is 0 Å². The molecule has 6 heteroatoms. The zero-order chi connectivity index (χ0) is 14.0. The maximum absolute atomic E-state index is 13.5. The van der Waals surface area contributed by atoms with E-state index in [1.807, 2.05) is 0 Å². The molecule has 0 atom stereocenters. The van der Waals surface area contributed by atoms with Crippen LogP contribution in [0.25, 0.3) is 0 Å². The Bertz CT molecular complexity index is 617. The Morgan fingerprint density at radius 3 is 2.21 bits per heavy atom. The van der Waals surface area contributed by atoms with Gasteiger partial charge in [0.05, 0.1) is 14.6 Å². The average Bonchev–Trinajstić information content (AvgIpc) is 2.36. The van der Waals surface area contributed by atoms with E-state index in [9.17, 15) is 13.2 Å². The maximum Gasteiger partial charge on any atom is 0.149 e. The summed E-state index contributed by atoms with van der Waals surface area (Å²) in [5.41, 5.74) is 0.803. The first-order chi connectivity index (χ1) is 8.97. The zero-order valence-corrected chi connectivity index (χ0v) is 12.7. The molecule has 19 heavy (non-hydrogen) atoms. The molecule has 1 N–H and O–H groups in total. The van der Waals surface area contributed by atoms with E-state index in [2.05, 4.69) is 37.2 Å². The lowest BCUT2D eigenvalue weighted by atomic mass is 10.2. The summed E-state index contributed by atoms with van der Waals surface area (Å²) in [4.78, 5) is 0. The lowest BCUT2D eigenvalue weighted by Gasteiger charge is -2.09. The minimum absolute atomic E-state index is 0.150. The highest BCUT2D eigenvalue weighted by Gasteiger charge is 2.08. The van der Waals surface area contributed by atoms with Gasteiger partial charge in [0.1, 0.15) is 17.5 Å². The second-order valence-corrected chi connectivity index (χ2v) is 5.56. The largest absolute Gasteiger partial charge is 0.379 e. The van der Waals surface area contributed by atoms with Gasteiger partial charge in [-0.25, -0.2) is 13.2 Å². The summed E-state index contributed by atoms with van der Waals surface area (Å²) in [6, 6.07) is 6.71. The van der Waals surface area contributed by atoms with Crippen molar-refractivity contribution < 1.29 is 13.2 Å². The molecule has 0 aliphatic rings. The van der Waals surface area contributed by atoms with Gasteiger partial charge in [0.2, 0.25) is 0 Å². The Balaban J connectivity index is 2.14. The SMILES string of the molecule is Fc1cc(CNc2cc(Br)c(F)cc2F)ccc1Br. The maximum atomic E-state index is 13.5. The first-order valence-corrected chi connectivity index (χ1v) is 6.88. The summed E-state index contributed by atoms with van der Waals surface area (Å²) >= 11 is 6.03. The van der Waals surface area contributed by atoms with Crippen molar-refractivity contribution in [2.45, 2.75) is 6.54 Å². The molecular formula is C13H8Br2F3N. The molecule has 0 aliphatic carbocycles. The fourth-order valence-corrected chi connectivity index (χ4v) is 2.09. The predicted octanol–water partition coefficient (Wildman–Crippen LogP) is 5.24. The van der Waals surface area contributed by atoms with Crippen molar-refractivity contribution >= 4 is 37.5 Å². The summed E-state index contributed by atoms with van der Waals surface area (Å²) in [6.07, 6.45) is 0. The number of hydrogen-bond acceptors (Lipinski definition) is 1. The third-order valence-electron chi connectivity index (χ3n) is 2.48. The highest BCUT2D eigenvalue weighted by Crippen LogP contribution is 2.24. The molecule has 0 bridgehead atoms. The second-order valence-electron chi connectivity index (χ2n) is 3.85. The number of benzene rings is 2. The van der Waals surface area contributed by atoms with Crippen molar-refractivity contribution in [3.05, 3.63) is 62.3 Å². The fraction of sp³-hybridized carbons (Fsp3) is 0.0769. The van der Waals surface area contributed by atoms with E-state index >= 15 is 0 Å². The van der Waals surface area contributed by atoms with Crippen LogP contribution in [0.4, 0.5) is 18.9 Å². The standard InChI is InChI=1S/C13H8Br2F3N/c14-8-2-1-7(3-10(8)16)6-19-13-4-9(15)11(17)5-12(13)18/h1-5,19H,6H2. The monoisotopic (exact) mass is 393 g/mol. The van der Waals surface area contributed by atoms with Crippen LogP contribution >= 0.6 is 31.9 Å². The van der Waals surface area contributed by atoms with Crippen molar-refractivity contribution in [1.82, 2.24) is 0 Å². The van der Waals surface area contributed by atoms with Gasteiger partial charge in [-0.05, 0) is 55.6 Å². The van der Waals surface area contributed by atoms with E-state index < -0.39 is 11.6 Å². The number of hydrogen-bond donors (Lipinski definition) is 1. The smallest absolute Gasteiger partial charge is 0.149 e. The summed E-state index contributed by atoms with van der Waals surface area (Å²) in [5.74, 6) is -1.75. The van der Waals surface area contributed by atoms with Crippen LogP contribution in [0.5, 0.6) is 0 Å². The molecule has 0 saturated carbocycles. The zero-order valence-electron chi connectivity index (χ0n) is 9.48. The predicted molar refractivity (Wildman–Crippen MR) is 75.5 cm³/mol. The van der Waals surface area contributed by atoms with Gasteiger partial charge < -0.3 is 5.32 Å². The van der Waals surface area contributed by atoms with E-state index in [-0.39, 0.29) is 22.5 Å². The van der Waals surface area contributed by atoms with E-state index in [0.717, 1.165) is 6.07 Å². The molecule has 2 aromatic carbocycles. The molecule has 0 spiro atoms. The Morgan fingerprint density at radius 1 is 0.842 bits per heavy atom. The molecule has 0 saturated heterocycles. The van der Waals surface area contributed by atoms with Gasteiger partial charge in [-0.3, -0.25) is 0 Å². The number of rotatable bonds is 3. The molecule has 0 heterocycles. The molecule has 0 fully saturated rings. The van der Waals surface area contributed by atoms with Crippen LogP contribution in [0, 0.1) is 17.5 Å². The third-order valence-corrected chi connectivity index (χ3v) is 3.73. The highest BCUT2D eigenvalue weighted by molar-refractivity contribution is 9.10. The van der Waals surface area contributed by atoms with Crippen molar-refractivity contribution in [2.75, 3.05) is 5.32 Å². The normalized spacial score (nSPS) is 10.6. The molecule has 0 radical (unpaired) electrons. The molecule has 0 aliphatic heterocycles. The number of anilines is 1. The first kappa shape index (κ1) is 14.4. The van der Waals surface area contributed by atoms with Crippen molar-refractivity contribution in [3.63, 3.8) is 0 Å². The average molecular weight is 395 g/mol. The van der Waals surface area contributed by atoms with E-state index in [0.29, 0.717) is 10.0 Å². The molecule has 0 unspecified atom stereocenters. The molecular weight excluding hydrogens is 387 g/mol. The van der Waals surface area contributed by atoms with Gasteiger partial charge in [-0.2, -0.15) is 0 Å². The Hall–Kier alpha value is -1.01. The van der Waals surface area contributed by atoms with Crippen LogP contribution in [0.15, 0.2) is 39.3 Å². The van der Waals surface area contributed by atoms with Gasteiger partial charge in [0, 0.05) is 12.6 Å². The minimum atomic E-state index is -0.696. The van der Waals surface area contributed by atoms with Crippen LogP contribution in [0.3, 0.4) is 0 Å². The van der Waals surface area contributed by atoms with Crippen LogP contribution < -0.4 is 5.32 Å². The van der Waals surface area contributed by atoms with Crippen LogP contribution in [-0.4, -0.2) is 0 Å². The Labute approximate surface area is 125 Å². The molecule has 0 aromatic heterocycles. The fourth-order valence-electron chi connectivity index (χ4n) is 1.50. The number of nitrogens with one attached hydrogen (secondary N) is 1. The van der Waals surface area contributed by atoms with E-state index in [1.54, 1.807) is 12.1 Å². The lowest BCUT2D eigenvalue weighted by molar-refractivity contribution is 0.580. The van der Waals surface area contributed by atoms with Gasteiger partial charge in [-0.15, -0.1) is 0 Å². The van der Waals surface area contributed by atoms with Crippen LogP contribution in [0.1, 0.15) is 5.56 Å². The Morgan fingerprint density at radius 2 is 1.53 bits per heavy atom.